The lowest BCUT2D eigenvalue weighted by Gasteiger charge is -2.14. The van der Waals surface area contributed by atoms with Crippen molar-refractivity contribution >= 4 is 5.69 Å². The number of rotatable bonds is 5. The van der Waals surface area contributed by atoms with Crippen molar-refractivity contribution in [2.75, 3.05) is 33.0 Å². The van der Waals surface area contributed by atoms with Gasteiger partial charge in [-0.2, -0.15) is 0 Å². The molecule has 18 heavy (non-hydrogen) atoms. The summed E-state index contributed by atoms with van der Waals surface area (Å²) in [6.07, 6.45) is 3.24. The molecule has 0 fully saturated rings. The molecule has 0 aliphatic heterocycles. The molecule has 1 aromatic carbocycles. The first-order valence-electron chi connectivity index (χ1n) is 5.69. The van der Waals surface area contributed by atoms with E-state index in [2.05, 4.69) is 15.1 Å². The summed E-state index contributed by atoms with van der Waals surface area (Å²) in [6.45, 7) is 1.47. The van der Waals surface area contributed by atoms with Crippen LogP contribution in [0.25, 0.3) is 5.69 Å². The number of nitrogen functional groups attached to an aromatic ring is 1. The van der Waals surface area contributed by atoms with Crippen molar-refractivity contribution in [3.8, 4) is 11.4 Å². The Balaban J connectivity index is 2.19. The minimum atomic E-state index is 0.617. The number of aromatic nitrogens is 3. The summed E-state index contributed by atoms with van der Waals surface area (Å²) in [5.74, 6) is 0.769. The van der Waals surface area contributed by atoms with E-state index in [1.807, 2.05) is 32.3 Å². The van der Waals surface area contributed by atoms with Crippen LogP contribution in [0.5, 0.6) is 5.75 Å². The minimum absolute atomic E-state index is 0.617. The van der Waals surface area contributed by atoms with Gasteiger partial charge in [-0.15, -0.1) is 10.2 Å². The summed E-state index contributed by atoms with van der Waals surface area (Å²) in [5.41, 5.74) is 7.32. The predicted octanol–water partition coefficient (Wildman–Crippen LogP) is 0.790. The van der Waals surface area contributed by atoms with Gasteiger partial charge >= 0.3 is 0 Å². The van der Waals surface area contributed by atoms with Crippen molar-refractivity contribution < 1.29 is 4.74 Å². The quantitative estimate of drug-likeness (QED) is 0.791. The summed E-state index contributed by atoms with van der Waals surface area (Å²) in [5, 5.41) is 7.57. The topological polar surface area (TPSA) is 69.2 Å². The van der Waals surface area contributed by atoms with Crippen LogP contribution < -0.4 is 10.5 Å². The first-order chi connectivity index (χ1) is 8.66. The molecule has 0 aliphatic carbocycles. The van der Waals surface area contributed by atoms with E-state index in [-0.39, 0.29) is 0 Å². The minimum Gasteiger partial charge on any atom is -0.490 e. The molecule has 0 bridgehead atoms. The Morgan fingerprint density at radius 3 is 2.67 bits per heavy atom. The fourth-order valence-corrected chi connectivity index (χ4v) is 1.52. The highest BCUT2D eigenvalue weighted by atomic mass is 16.5. The van der Waals surface area contributed by atoms with Crippen LogP contribution in [0.15, 0.2) is 30.9 Å². The van der Waals surface area contributed by atoms with Gasteiger partial charge in [0, 0.05) is 12.2 Å². The molecule has 0 saturated heterocycles. The molecule has 6 nitrogen and oxygen atoms in total. The van der Waals surface area contributed by atoms with E-state index < -0.39 is 0 Å². The van der Waals surface area contributed by atoms with E-state index in [4.69, 9.17) is 10.5 Å². The van der Waals surface area contributed by atoms with Gasteiger partial charge in [-0.25, -0.2) is 0 Å². The zero-order valence-electron chi connectivity index (χ0n) is 10.6. The second-order valence-corrected chi connectivity index (χ2v) is 4.25. The molecule has 0 spiro atoms. The zero-order valence-corrected chi connectivity index (χ0v) is 10.6. The lowest BCUT2D eigenvalue weighted by molar-refractivity contribution is 0.261. The monoisotopic (exact) mass is 247 g/mol. The molecule has 0 saturated carbocycles. The third-order valence-electron chi connectivity index (χ3n) is 2.48. The molecular formula is C12H17N5O. The number of hydrogen-bond acceptors (Lipinski definition) is 5. The molecule has 0 unspecified atom stereocenters. The number of ether oxygens (including phenoxy) is 1. The lowest BCUT2D eigenvalue weighted by Crippen LogP contribution is -2.19. The third kappa shape index (κ3) is 2.98. The second kappa shape index (κ2) is 5.50. The molecule has 0 aliphatic rings. The summed E-state index contributed by atoms with van der Waals surface area (Å²) in [6, 6.07) is 5.52. The molecule has 1 aromatic heterocycles. The van der Waals surface area contributed by atoms with Gasteiger partial charge in [-0.3, -0.25) is 4.57 Å². The average Bonchev–Trinajstić information content (AvgIpc) is 2.84. The molecule has 6 heteroatoms. The number of anilines is 1. The maximum Gasteiger partial charge on any atom is 0.143 e. The van der Waals surface area contributed by atoms with E-state index in [9.17, 15) is 0 Å². The molecule has 0 radical (unpaired) electrons. The van der Waals surface area contributed by atoms with Crippen molar-refractivity contribution in [3.63, 3.8) is 0 Å². The van der Waals surface area contributed by atoms with Gasteiger partial charge in [0.1, 0.15) is 25.0 Å². The van der Waals surface area contributed by atoms with Crippen LogP contribution in [-0.2, 0) is 0 Å². The molecule has 0 atom stereocenters. The van der Waals surface area contributed by atoms with Crippen LogP contribution in [0.1, 0.15) is 0 Å². The highest BCUT2D eigenvalue weighted by Crippen LogP contribution is 2.24. The van der Waals surface area contributed by atoms with Gasteiger partial charge in [0.05, 0.1) is 5.69 Å². The van der Waals surface area contributed by atoms with Gasteiger partial charge in [-0.05, 0) is 32.3 Å². The second-order valence-electron chi connectivity index (χ2n) is 4.25. The van der Waals surface area contributed by atoms with Gasteiger partial charge in [0.25, 0.3) is 0 Å². The fourth-order valence-electron chi connectivity index (χ4n) is 1.52. The van der Waals surface area contributed by atoms with Crippen molar-refractivity contribution in [3.05, 3.63) is 30.9 Å². The maximum atomic E-state index is 5.79. The predicted molar refractivity (Wildman–Crippen MR) is 69.8 cm³/mol. The summed E-state index contributed by atoms with van der Waals surface area (Å²) >= 11 is 0. The Hall–Kier alpha value is -2.08. The Kier molecular flexibility index (Phi) is 3.78. The van der Waals surface area contributed by atoms with Crippen LogP contribution in [-0.4, -0.2) is 46.9 Å². The van der Waals surface area contributed by atoms with E-state index >= 15 is 0 Å². The number of likely N-dealkylation sites (N-methyl/N-ethyl adjacent to an activating group) is 1. The van der Waals surface area contributed by atoms with Crippen molar-refractivity contribution in [1.29, 1.82) is 0 Å². The molecule has 96 valence electrons. The van der Waals surface area contributed by atoms with Gasteiger partial charge in [0.2, 0.25) is 0 Å². The maximum absolute atomic E-state index is 5.79. The van der Waals surface area contributed by atoms with E-state index in [1.54, 1.807) is 17.2 Å². The first kappa shape index (κ1) is 12.4. The SMILES string of the molecule is CN(C)CCOc1ccc(N)cc1-n1cnnc1. The van der Waals surface area contributed by atoms with E-state index in [0.717, 1.165) is 18.0 Å². The van der Waals surface area contributed by atoms with Crippen molar-refractivity contribution in [1.82, 2.24) is 19.7 Å². The summed E-state index contributed by atoms with van der Waals surface area (Å²) in [7, 11) is 4.01. The largest absolute Gasteiger partial charge is 0.490 e. The zero-order chi connectivity index (χ0) is 13.0. The van der Waals surface area contributed by atoms with Gasteiger partial charge in [0.15, 0.2) is 0 Å². The lowest BCUT2D eigenvalue weighted by atomic mass is 10.2. The Morgan fingerprint density at radius 2 is 2.00 bits per heavy atom. The fraction of sp³-hybridized carbons (Fsp3) is 0.333. The number of nitrogens with zero attached hydrogens (tertiary/aromatic N) is 4. The van der Waals surface area contributed by atoms with Crippen molar-refractivity contribution in [2.45, 2.75) is 0 Å². The highest BCUT2D eigenvalue weighted by Gasteiger charge is 2.07. The van der Waals surface area contributed by atoms with Crippen LogP contribution >= 0.6 is 0 Å². The van der Waals surface area contributed by atoms with Crippen LogP contribution in [0, 0.1) is 0 Å². The third-order valence-corrected chi connectivity index (χ3v) is 2.48. The smallest absolute Gasteiger partial charge is 0.143 e. The van der Waals surface area contributed by atoms with Gasteiger partial charge in [-0.1, -0.05) is 0 Å². The van der Waals surface area contributed by atoms with Crippen LogP contribution in [0.2, 0.25) is 0 Å². The normalized spacial score (nSPS) is 10.8. The Bertz CT molecular complexity index is 495. The van der Waals surface area contributed by atoms with Gasteiger partial charge < -0.3 is 15.4 Å². The highest BCUT2D eigenvalue weighted by molar-refractivity contribution is 5.56. The molecule has 2 rings (SSSR count). The average molecular weight is 247 g/mol. The van der Waals surface area contributed by atoms with E-state index in [1.165, 1.54) is 0 Å². The molecule has 1 heterocycles. The Labute approximate surface area is 106 Å². The standard InChI is InChI=1S/C12H17N5O/c1-16(2)5-6-18-12-4-3-10(13)7-11(12)17-8-14-15-9-17/h3-4,7-9H,5-6,13H2,1-2H3. The Morgan fingerprint density at radius 1 is 1.28 bits per heavy atom. The number of benzene rings is 1. The molecule has 2 aromatic rings. The molecular weight excluding hydrogens is 230 g/mol. The van der Waals surface area contributed by atoms with Crippen LogP contribution in [0.4, 0.5) is 5.69 Å². The summed E-state index contributed by atoms with van der Waals surface area (Å²) < 4.78 is 7.53. The number of nitrogens with two attached hydrogens (primary N) is 1. The van der Waals surface area contributed by atoms with Crippen molar-refractivity contribution in [2.24, 2.45) is 0 Å². The van der Waals surface area contributed by atoms with Crippen LogP contribution in [0.3, 0.4) is 0 Å². The summed E-state index contributed by atoms with van der Waals surface area (Å²) in [4.78, 5) is 2.07. The van der Waals surface area contributed by atoms with E-state index in [0.29, 0.717) is 12.3 Å². The molecule has 2 N–H and O–H groups in total. The number of hydrogen-bond donors (Lipinski definition) is 1. The molecule has 0 amide bonds. The first-order valence-corrected chi connectivity index (χ1v) is 5.69.